The van der Waals surface area contributed by atoms with Crippen molar-refractivity contribution >= 4 is 32.7 Å². The molecule has 32 heavy (non-hydrogen) atoms. The van der Waals surface area contributed by atoms with Crippen LogP contribution < -0.4 is 10.3 Å². The Hall–Kier alpha value is -3.24. The molecular weight excluding hydrogens is 464 g/mol. The highest BCUT2D eigenvalue weighted by molar-refractivity contribution is 7.89. The molecule has 0 fully saturated rings. The molecule has 0 N–H and O–H groups in total. The van der Waals surface area contributed by atoms with Crippen LogP contribution >= 0.6 is 11.6 Å². The van der Waals surface area contributed by atoms with Gasteiger partial charge < -0.3 is 4.74 Å². The summed E-state index contributed by atoms with van der Waals surface area (Å²) in [5.74, 6) is -1.43. The van der Waals surface area contributed by atoms with Gasteiger partial charge in [-0.3, -0.25) is 9.36 Å². The number of benzene rings is 2. The minimum absolute atomic E-state index is 0.0524. The van der Waals surface area contributed by atoms with E-state index in [0.717, 1.165) is 22.4 Å². The lowest BCUT2D eigenvalue weighted by molar-refractivity contribution is 0.298. The highest BCUT2D eigenvalue weighted by atomic mass is 35.5. The van der Waals surface area contributed by atoms with Crippen LogP contribution in [0.4, 0.5) is 8.78 Å². The molecule has 0 aliphatic carbocycles. The van der Waals surface area contributed by atoms with Crippen LogP contribution in [-0.2, 0) is 16.6 Å². The summed E-state index contributed by atoms with van der Waals surface area (Å²) in [7, 11) is -3.53. The molecule has 0 saturated heterocycles. The Morgan fingerprint density at radius 1 is 1.12 bits per heavy atom. The van der Waals surface area contributed by atoms with Gasteiger partial charge in [0.1, 0.15) is 35.3 Å². The van der Waals surface area contributed by atoms with Crippen LogP contribution in [0.25, 0.3) is 16.7 Å². The molecule has 2 aromatic carbocycles. The smallest absolute Gasteiger partial charge is 0.277 e. The molecule has 0 spiro atoms. The van der Waals surface area contributed by atoms with Crippen LogP contribution in [0.5, 0.6) is 5.75 Å². The quantitative estimate of drug-likeness (QED) is 0.434. The zero-order valence-corrected chi connectivity index (χ0v) is 18.4. The van der Waals surface area contributed by atoms with Crippen LogP contribution in [-0.4, -0.2) is 28.2 Å². The molecule has 0 unspecified atom stereocenters. The molecule has 2 aromatic heterocycles. The number of ether oxygens (including phenoxy) is 1. The fourth-order valence-electron chi connectivity index (χ4n) is 3.28. The maximum atomic E-state index is 13.8. The van der Waals surface area contributed by atoms with Crippen LogP contribution in [0, 0.1) is 18.6 Å². The van der Waals surface area contributed by atoms with E-state index < -0.39 is 27.2 Å². The summed E-state index contributed by atoms with van der Waals surface area (Å²) in [5, 5.41) is -0.222. The Morgan fingerprint density at radius 2 is 1.88 bits per heavy atom. The van der Waals surface area contributed by atoms with Gasteiger partial charge in [-0.2, -0.15) is 0 Å². The fourth-order valence-corrected chi connectivity index (χ4v) is 4.21. The predicted molar refractivity (Wildman–Crippen MR) is 116 cm³/mol. The van der Waals surface area contributed by atoms with Gasteiger partial charge in [-0.1, -0.05) is 11.6 Å². The third kappa shape index (κ3) is 3.98. The van der Waals surface area contributed by atoms with Crippen molar-refractivity contribution in [3.63, 3.8) is 0 Å². The largest absolute Gasteiger partial charge is 0.487 e. The Kier molecular flexibility index (Phi) is 5.51. The van der Waals surface area contributed by atoms with Crippen molar-refractivity contribution in [3.05, 3.63) is 87.1 Å². The topological polar surface area (TPSA) is 83.2 Å². The number of pyridine rings is 1. The fraction of sp³-hybridized carbons (Fsp3) is 0.143. The molecule has 0 atom stereocenters. The zero-order valence-electron chi connectivity index (χ0n) is 16.8. The van der Waals surface area contributed by atoms with E-state index in [1.807, 2.05) is 0 Å². The summed E-state index contributed by atoms with van der Waals surface area (Å²) in [6, 6.07) is 9.29. The van der Waals surface area contributed by atoms with E-state index in [2.05, 4.69) is 4.98 Å². The summed E-state index contributed by atoms with van der Waals surface area (Å²) in [4.78, 5) is 17.0. The molecule has 2 heterocycles. The van der Waals surface area contributed by atoms with E-state index in [-0.39, 0.29) is 22.9 Å². The number of fused-ring (bicyclic) bond motifs is 1. The number of aromatic nitrogens is 3. The first-order chi connectivity index (χ1) is 15.1. The van der Waals surface area contributed by atoms with Crippen molar-refractivity contribution < 1.29 is 21.9 Å². The number of hydrogen-bond acceptors (Lipinski definition) is 5. The standard InChI is InChI=1S/C21H16ClF2N3O4S/c1-12-7-19(31-10-13-3-4-14(23)8-16(13)24)20(22)21(28)27(12)15-5-6-18-17(9-15)25-11-26(18)32(2,29)30/h3-9,11H,10H2,1-2H3. The first-order valence-corrected chi connectivity index (χ1v) is 11.5. The average molecular weight is 480 g/mol. The summed E-state index contributed by atoms with van der Waals surface area (Å²) in [5.41, 5.74) is 1.17. The lowest BCUT2D eigenvalue weighted by Gasteiger charge is -2.15. The molecule has 0 saturated carbocycles. The van der Waals surface area contributed by atoms with Gasteiger partial charge in [0.2, 0.25) is 10.0 Å². The van der Waals surface area contributed by atoms with Gasteiger partial charge in [-0.25, -0.2) is 26.2 Å². The Labute approximate surface area is 186 Å². The molecule has 166 valence electrons. The zero-order chi connectivity index (χ0) is 23.2. The van der Waals surface area contributed by atoms with Crippen LogP contribution in [0.1, 0.15) is 11.3 Å². The second-order valence-electron chi connectivity index (χ2n) is 7.11. The molecule has 4 rings (SSSR count). The highest BCUT2D eigenvalue weighted by Crippen LogP contribution is 2.26. The van der Waals surface area contributed by atoms with Gasteiger partial charge in [-0.15, -0.1) is 0 Å². The minimum atomic E-state index is -3.53. The molecule has 0 aliphatic heterocycles. The predicted octanol–water partition coefficient (Wildman–Crippen LogP) is 3.81. The Bertz CT molecular complexity index is 1530. The van der Waals surface area contributed by atoms with Crippen LogP contribution in [0.2, 0.25) is 5.02 Å². The SMILES string of the molecule is Cc1cc(OCc2ccc(F)cc2F)c(Cl)c(=O)n1-c1ccc2c(c1)ncn2S(C)(=O)=O. The number of nitrogens with zero attached hydrogens (tertiary/aromatic N) is 3. The molecule has 0 amide bonds. The molecule has 4 aromatic rings. The van der Waals surface area contributed by atoms with E-state index >= 15 is 0 Å². The molecule has 0 aliphatic rings. The third-order valence-corrected chi connectivity index (χ3v) is 6.17. The lowest BCUT2D eigenvalue weighted by Crippen LogP contribution is -2.22. The normalized spacial score (nSPS) is 11.8. The minimum Gasteiger partial charge on any atom is -0.487 e. The van der Waals surface area contributed by atoms with E-state index in [9.17, 15) is 22.0 Å². The van der Waals surface area contributed by atoms with Crippen molar-refractivity contribution in [1.29, 1.82) is 0 Å². The monoisotopic (exact) mass is 479 g/mol. The average Bonchev–Trinajstić information content (AvgIpc) is 3.14. The van der Waals surface area contributed by atoms with Gasteiger partial charge >= 0.3 is 0 Å². The number of hydrogen-bond donors (Lipinski definition) is 0. The molecule has 11 heteroatoms. The summed E-state index contributed by atoms with van der Waals surface area (Å²) < 4.78 is 58.5. The third-order valence-electron chi connectivity index (χ3n) is 4.81. The van der Waals surface area contributed by atoms with E-state index in [4.69, 9.17) is 16.3 Å². The number of halogens is 3. The van der Waals surface area contributed by atoms with Crippen molar-refractivity contribution in [3.8, 4) is 11.4 Å². The second kappa shape index (κ2) is 8.03. The highest BCUT2D eigenvalue weighted by Gasteiger charge is 2.17. The van der Waals surface area contributed by atoms with Crippen molar-refractivity contribution in [2.75, 3.05) is 6.26 Å². The van der Waals surface area contributed by atoms with Crippen molar-refractivity contribution in [2.24, 2.45) is 0 Å². The first-order valence-electron chi connectivity index (χ1n) is 9.23. The second-order valence-corrected chi connectivity index (χ2v) is 9.34. The summed E-state index contributed by atoms with van der Waals surface area (Å²) in [6.07, 6.45) is 2.25. The summed E-state index contributed by atoms with van der Waals surface area (Å²) in [6.45, 7) is 1.41. The van der Waals surface area contributed by atoms with Crippen molar-refractivity contribution in [2.45, 2.75) is 13.5 Å². The van der Waals surface area contributed by atoms with E-state index in [1.165, 1.54) is 23.0 Å². The van der Waals surface area contributed by atoms with Crippen LogP contribution in [0.15, 0.2) is 53.6 Å². The first kappa shape index (κ1) is 22.0. The van der Waals surface area contributed by atoms with Gasteiger partial charge in [0, 0.05) is 23.4 Å². The molecular formula is C21H16ClF2N3O4S. The molecule has 0 bridgehead atoms. The molecule has 0 radical (unpaired) electrons. The Balaban J connectivity index is 1.70. The molecule has 7 nitrogen and oxygen atoms in total. The van der Waals surface area contributed by atoms with Crippen molar-refractivity contribution in [1.82, 2.24) is 13.5 Å². The number of imidazole rings is 1. The van der Waals surface area contributed by atoms with Gasteiger partial charge in [-0.05, 0) is 37.3 Å². The Morgan fingerprint density at radius 3 is 2.56 bits per heavy atom. The van der Waals surface area contributed by atoms with E-state index in [0.29, 0.717) is 22.4 Å². The maximum absolute atomic E-state index is 13.8. The summed E-state index contributed by atoms with van der Waals surface area (Å²) >= 11 is 6.22. The van der Waals surface area contributed by atoms with Gasteiger partial charge in [0.25, 0.3) is 5.56 Å². The van der Waals surface area contributed by atoms with Crippen LogP contribution in [0.3, 0.4) is 0 Å². The lowest BCUT2D eigenvalue weighted by atomic mass is 10.2. The maximum Gasteiger partial charge on any atom is 0.277 e. The van der Waals surface area contributed by atoms with Gasteiger partial charge in [0.05, 0.1) is 23.0 Å². The number of rotatable bonds is 5. The van der Waals surface area contributed by atoms with E-state index in [1.54, 1.807) is 25.1 Å². The number of aryl methyl sites for hydroxylation is 1. The van der Waals surface area contributed by atoms with Gasteiger partial charge in [0.15, 0.2) is 0 Å².